The summed E-state index contributed by atoms with van der Waals surface area (Å²) in [4.78, 5) is 24.7. The standard InChI is InChI=1S/C12H22N2O3/c1-12(2,13)8-10(15)14-7-5-3-4-6-9(14)11(16)17/h9H,3-8,13H2,1-2H3,(H,16,17). The first kappa shape index (κ1) is 14.0. The lowest BCUT2D eigenvalue weighted by Crippen LogP contribution is -2.48. The average Bonchev–Trinajstić information content (AvgIpc) is 2.39. The number of likely N-dealkylation sites (tertiary alicyclic amines) is 1. The molecule has 0 saturated carbocycles. The maximum Gasteiger partial charge on any atom is 0.326 e. The van der Waals surface area contributed by atoms with Gasteiger partial charge in [0.2, 0.25) is 5.91 Å². The van der Waals surface area contributed by atoms with E-state index in [-0.39, 0.29) is 12.3 Å². The molecule has 0 bridgehead atoms. The van der Waals surface area contributed by atoms with Gasteiger partial charge in [0.15, 0.2) is 0 Å². The molecule has 0 radical (unpaired) electrons. The molecule has 0 aliphatic carbocycles. The van der Waals surface area contributed by atoms with Crippen molar-refractivity contribution in [3.8, 4) is 0 Å². The first-order valence-corrected chi connectivity index (χ1v) is 6.12. The van der Waals surface area contributed by atoms with E-state index < -0.39 is 17.6 Å². The largest absolute Gasteiger partial charge is 0.480 e. The Kier molecular flexibility index (Phi) is 4.51. The number of carboxylic acid groups (broad SMARTS) is 1. The van der Waals surface area contributed by atoms with Gasteiger partial charge in [-0.15, -0.1) is 0 Å². The molecule has 1 aliphatic heterocycles. The zero-order valence-electron chi connectivity index (χ0n) is 10.6. The van der Waals surface area contributed by atoms with Crippen LogP contribution in [0.3, 0.4) is 0 Å². The molecule has 98 valence electrons. The van der Waals surface area contributed by atoms with Gasteiger partial charge in [0.1, 0.15) is 6.04 Å². The molecule has 5 heteroatoms. The summed E-state index contributed by atoms with van der Waals surface area (Å²) < 4.78 is 0. The van der Waals surface area contributed by atoms with Crippen molar-refractivity contribution in [1.82, 2.24) is 4.90 Å². The molecule has 1 heterocycles. The molecule has 0 aromatic heterocycles. The van der Waals surface area contributed by atoms with Crippen LogP contribution in [-0.2, 0) is 9.59 Å². The van der Waals surface area contributed by atoms with E-state index in [0.717, 1.165) is 19.3 Å². The third kappa shape index (κ3) is 4.34. The van der Waals surface area contributed by atoms with Crippen LogP contribution in [0, 0.1) is 0 Å². The van der Waals surface area contributed by atoms with Gasteiger partial charge in [-0.1, -0.05) is 12.8 Å². The molecule has 1 amide bonds. The number of nitrogens with two attached hydrogens (primary N) is 1. The molecular formula is C12H22N2O3. The van der Waals surface area contributed by atoms with E-state index in [1.54, 1.807) is 13.8 Å². The summed E-state index contributed by atoms with van der Waals surface area (Å²) >= 11 is 0. The number of nitrogens with zero attached hydrogens (tertiary/aromatic N) is 1. The van der Waals surface area contributed by atoms with Crippen molar-refractivity contribution in [2.75, 3.05) is 6.54 Å². The van der Waals surface area contributed by atoms with Crippen LogP contribution in [0.15, 0.2) is 0 Å². The summed E-state index contributed by atoms with van der Waals surface area (Å²) in [5.74, 6) is -1.05. The topological polar surface area (TPSA) is 83.6 Å². The SMILES string of the molecule is CC(C)(N)CC(=O)N1CCCCCC1C(=O)O. The predicted molar refractivity (Wildman–Crippen MR) is 64.5 cm³/mol. The van der Waals surface area contributed by atoms with E-state index in [1.807, 2.05) is 0 Å². The second-order valence-electron chi connectivity index (χ2n) is 5.46. The van der Waals surface area contributed by atoms with E-state index in [0.29, 0.717) is 13.0 Å². The van der Waals surface area contributed by atoms with Crippen LogP contribution in [0.25, 0.3) is 0 Å². The van der Waals surface area contributed by atoms with Gasteiger partial charge in [-0.2, -0.15) is 0 Å². The summed E-state index contributed by atoms with van der Waals surface area (Å²) in [6.45, 7) is 4.09. The minimum absolute atomic E-state index is 0.146. The van der Waals surface area contributed by atoms with Crippen molar-refractivity contribution in [2.24, 2.45) is 5.73 Å². The zero-order chi connectivity index (χ0) is 13.1. The molecule has 1 rings (SSSR count). The molecule has 1 unspecified atom stereocenters. The van der Waals surface area contributed by atoms with Crippen LogP contribution in [0.2, 0.25) is 0 Å². The van der Waals surface area contributed by atoms with Gasteiger partial charge >= 0.3 is 5.97 Å². The van der Waals surface area contributed by atoms with Crippen molar-refractivity contribution >= 4 is 11.9 Å². The lowest BCUT2D eigenvalue weighted by molar-refractivity contribution is -0.150. The second kappa shape index (κ2) is 5.49. The van der Waals surface area contributed by atoms with Gasteiger partial charge in [-0.25, -0.2) is 4.79 Å². The number of aliphatic carboxylic acids is 1. The van der Waals surface area contributed by atoms with Gasteiger partial charge in [-0.05, 0) is 26.7 Å². The van der Waals surface area contributed by atoms with Crippen LogP contribution < -0.4 is 5.73 Å². The third-order valence-corrected chi connectivity index (χ3v) is 2.97. The van der Waals surface area contributed by atoms with E-state index in [9.17, 15) is 9.59 Å². The third-order valence-electron chi connectivity index (χ3n) is 2.97. The normalized spacial score (nSPS) is 22.1. The molecule has 5 nitrogen and oxygen atoms in total. The summed E-state index contributed by atoms with van der Waals surface area (Å²) in [6.07, 6.45) is 3.47. The predicted octanol–water partition coefficient (Wildman–Crippen LogP) is 0.970. The fourth-order valence-corrected chi connectivity index (χ4v) is 2.15. The Hall–Kier alpha value is -1.10. The zero-order valence-corrected chi connectivity index (χ0v) is 10.6. The first-order chi connectivity index (χ1) is 7.81. The van der Waals surface area contributed by atoms with Crippen molar-refractivity contribution < 1.29 is 14.7 Å². The smallest absolute Gasteiger partial charge is 0.326 e. The summed E-state index contributed by atoms with van der Waals surface area (Å²) in [6, 6.07) is -0.674. The Morgan fingerprint density at radius 3 is 2.53 bits per heavy atom. The van der Waals surface area contributed by atoms with Crippen LogP contribution in [0.4, 0.5) is 0 Å². The maximum absolute atomic E-state index is 12.1. The van der Waals surface area contributed by atoms with Crippen LogP contribution in [-0.4, -0.2) is 40.0 Å². The number of carboxylic acids is 1. The van der Waals surface area contributed by atoms with Crippen LogP contribution in [0.5, 0.6) is 0 Å². The van der Waals surface area contributed by atoms with E-state index >= 15 is 0 Å². The van der Waals surface area contributed by atoms with Crippen molar-refractivity contribution in [3.05, 3.63) is 0 Å². The summed E-state index contributed by atoms with van der Waals surface area (Å²) in [5, 5.41) is 9.16. The molecule has 0 aromatic rings. The minimum Gasteiger partial charge on any atom is -0.480 e. The summed E-state index contributed by atoms with van der Waals surface area (Å²) in [5.41, 5.74) is 5.22. The van der Waals surface area contributed by atoms with Gasteiger partial charge in [0, 0.05) is 18.5 Å². The number of hydrogen-bond donors (Lipinski definition) is 2. The molecule has 1 fully saturated rings. The highest BCUT2D eigenvalue weighted by Gasteiger charge is 2.32. The average molecular weight is 242 g/mol. The molecule has 0 spiro atoms. The Morgan fingerprint density at radius 1 is 1.35 bits per heavy atom. The fourth-order valence-electron chi connectivity index (χ4n) is 2.15. The Balaban J connectivity index is 2.75. The lowest BCUT2D eigenvalue weighted by atomic mass is 10.0. The quantitative estimate of drug-likeness (QED) is 0.772. The van der Waals surface area contributed by atoms with Gasteiger partial charge < -0.3 is 15.7 Å². The minimum atomic E-state index is -0.907. The van der Waals surface area contributed by atoms with Gasteiger partial charge in [-0.3, -0.25) is 4.79 Å². The van der Waals surface area contributed by atoms with Crippen LogP contribution >= 0.6 is 0 Å². The molecule has 17 heavy (non-hydrogen) atoms. The molecule has 1 aliphatic rings. The molecule has 0 aromatic carbocycles. The number of rotatable bonds is 3. The monoisotopic (exact) mass is 242 g/mol. The van der Waals surface area contributed by atoms with Gasteiger partial charge in [0.25, 0.3) is 0 Å². The van der Waals surface area contributed by atoms with Crippen molar-refractivity contribution in [2.45, 2.75) is 57.5 Å². The Morgan fingerprint density at radius 2 is 2.00 bits per heavy atom. The van der Waals surface area contributed by atoms with E-state index in [4.69, 9.17) is 10.8 Å². The van der Waals surface area contributed by atoms with Crippen LogP contribution in [0.1, 0.15) is 46.0 Å². The van der Waals surface area contributed by atoms with E-state index in [2.05, 4.69) is 0 Å². The second-order valence-corrected chi connectivity index (χ2v) is 5.46. The van der Waals surface area contributed by atoms with Crippen molar-refractivity contribution in [1.29, 1.82) is 0 Å². The van der Waals surface area contributed by atoms with Crippen molar-refractivity contribution in [3.63, 3.8) is 0 Å². The first-order valence-electron chi connectivity index (χ1n) is 6.12. The van der Waals surface area contributed by atoms with E-state index in [1.165, 1.54) is 4.90 Å². The molecule has 1 atom stereocenters. The number of carbonyl (C=O) groups excluding carboxylic acids is 1. The lowest BCUT2D eigenvalue weighted by Gasteiger charge is -2.29. The number of hydrogen-bond acceptors (Lipinski definition) is 3. The number of amides is 1. The Labute approximate surface area is 102 Å². The molecule has 1 saturated heterocycles. The molecular weight excluding hydrogens is 220 g/mol. The van der Waals surface area contributed by atoms with Gasteiger partial charge in [0.05, 0.1) is 0 Å². The fraction of sp³-hybridized carbons (Fsp3) is 0.833. The Bertz CT molecular complexity index is 297. The highest BCUT2D eigenvalue weighted by Crippen LogP contribution is 2.19. The highest BCUT2D eigenvalue weighted by atomic mass is 16.4. The molecule has 3 N–H and O–H groups in total. The number of carbonyl (C=O) groups is 2. The highest BCUT2D eigenvalue weighted by molar-refractivity contribution is 5.84. The summed E-state index contributed by atoms with van der Waals surface area (Å²) in [7, 11) is 0. The maximum atomic E-state index is 12.1.